The molecule has 0 spiro atoms. The van der Waals surface area contributed by atoms with Gasteiger partial charge in [0.05, 0.1) is 11.4 Å². The number of hydrogen-bond acceptors (Lipinski definition) is 2. The number of rotatable bonds is 1. The lowest BCUT2D eigenvalue weighted by atomic mass is 10.2. The predicted octanol–water partition coefficient (Wildman–Crippen LogP) is 2.23. The molecular weight excluding hydrogens is 188 g/mol. The number of nitrogens with one attached hydrogen (secondary N) is 2. The first kappa shape index (κ1) is 9.45. The Morgan fingerprint density at radius 1 is 1.13 bits per heavy atom. The summed E-state index contributed by atoms with van der Waals surface area (Å²) in [6, 6.07) is 7.75. The van der Waals surface area contributed by atoms with Gasteiger partial charge in [-0.3, -0.25) is 15.2 Å². The van der Waals surface area contributed by atoms with Crippen LogP contribution in [0.2, 0.25) is 0 Å². The van der Waals surface area contributed by atoms with Crippen LogP contribution in [0.5, 0.6) is 0 Å². The predicted molar refractivity (Wildman–Crippen MR) is 58.5 cm³/mol. The summed E-state index contributed by atoms with van der Waals surface area (Å²) in [6.07, 6.45) is 5.10. The second-order valence-electron chi connectivity index (χ2n) is 3.14. The van der Waals surface area contributed by atoms with Gasteiger partial charge in [0.2, 0.25) is 0 Å². The molecule has 0 aliphatic heterocycles. The minimum atomic E-state index is 0.905. The fraction of sp³-hybridized carbons (Fsp3) is 0.0909. The van der Waals surface area contributed by atoms with Crippen molar-refractivity contribution < 1.29 is 0 Å². The van der Waals surface area contributed by atoms with Crippen LogP contribution in [0.25, 0.3) is 11.4 Å². The third kappa shape index (κ3) is 2.22. The normalized spacial score (nSPS) is 9.67. The van der Waals surface area contributed by atoms with E-state index in [1.54, 1.807) is 18.7 Å². The first-order chi connectivity index (χ1) is 7.38. The maximum atomic E-state index is 4.29. The summed E-state index contributed by atoms with van der Waals surface area (Å²) in [5, 5.41) is 5.93. The standard InChI is InChI=1S/C11H12N4/c1-9-5-7-12-8-14-15-11(9)10-4-2-3-6-13-10/h2-8,15H,1H3,(H,12,14). The lowest BCUT2D eigenvalue weighted by molar-refractivity contribution is 0.991. The van der Waals surface area contributed by atoms with Gasteiger partial charge in [0.15, 0.2) is 0 Å². The molecule has 0 fully saturated rings. The van der Waals surface area contributed by atoms with Gasteiger partial charge in [-0.2, -0.15) is 0 Å². The molecule has 2 N–H and O–H groups in total. The van der Waals surface area contributed by atoms with Gasteiger partial charge >= 0.3 is 0 Å². The number of nitrogens with zero attached hydrogens (tertiary/aromatic N) is 2. The quantitative estimate of drug-likeness (QED) is 0.741. The number of pyridine rings is 1. The Kier molecular flexibility index (Phi) is 2.78. The van der Waals surface area contributed by atoms with Crippen LogP contribution in [0.1, 0.15) is 5.56 Å². The van der Waals surface area contributed by atoms with Gasteiger partial charge in [0, 0.05) is 12.4 Å². The van der Waals surface area contributed by atoms with Crippen LogP contribution < -0.4 is 0 Å². The molecule has 0 bridgehead atoms. The minimum Gasteiger partial charge on any atom is -0.298 e. The molecule has 2 aromatic heterocycles. The summed E-state index contributed by atoms with van der Waals surface area (Å²) in [6.45, 7) is 2.01. The molecule has 2 aromatic rings. The maximum absolute atomic E-state index is 4.29. The Hall–Kier alpha value is -2.10. The number of hydrogen-bond donors (Lipinski definition) is 2. The fourth-order valence-corrected chi connectivity index (χ4v) is 1.30. The van der Waals surface area contributed by atoms with E-state index in [2.05, 4.69) is 20.2 Å². The molecule has 0 saturated heterocycles. The average Bonchev–Trinajstić information content (AvgIpc) is 2.25. The Balaban J connectivity index is 2.59. The van der Waals surface area contributed by atoms with Crippen LogP contribution in [0.4, 0.5) is 0 Å². The molecule has 0 atom stereocenters. The number of aromatic amines is 2. The van der Waals surface area contributed by atoms with E-state index in [0.29, 0.717) is 0 Å². The van der Waals surface area contributed by atoms with Gasteiger partial charge < -0.3 is 0 Å². The van der Waals surface area contributed by atoms with Gasteiger partial charge in [-0.15, -0.1) is 0 Å². The van der Waals surface area contributed by atoms with Crippen LogP contribution >= 0.6 is 0 Å². The second kappa shape index (κ2) is 4.41. The molecule has 0 radical (unpaired) electrons. The molecule has 0 aliphatic rings. The van der Waals surface area contributed by atoms with Crippen molar-refractivity contribution in [3.05, 3.63) is 48.5 Å². The van der Waals surface area contributed by atoms with E-state index in [0.717, 1.165) is 17.0 Å². The van der Waals surface area contributed by atoms with Crippen LogP contribution in [0.3, 0.4) is 0 Å². The summed E-state index contributed by atoms with van der Waals surface area (Å²) in [7, 11) is 0. The highest BCUT2D eigenvalue weighted by molar-refractivity contribution is 5.56. The van der Waals surface area contributed by atoms with Crippen LogP contribution in [-0.4, -0.2) is 20.2 Å². The van der Waals surface area contributed by atoms with Crippen LogP contribution in [0.15, 0.2) is 43.0 Å². The van der Waals surface area contributed by atoms with Crippen molar-refractivity contribution in [1.29, 1.82) is 0 Å². The second-order valence-corrected chi connectivity index (χ2v) is 3.14. The molecule has 0 saturated carbocycles. The summed E-state index contributed by atoms with van der Waals surface area (Å²) in [5.74, 6) is 0. The lowest BCUT2D eigenvalue weighted by Crippen LogP contribution is -1.90. The van der Waals surface area contributed by atoms with Crippen LogP contribution in [0, 0.1) is 6.92 Å². The topological polar surface area (TPSA) is 57.4 Å². The monoisotopic (exact) mass is 200 g/mol. The Morgan fingerprint density at radius 3 is 2.87 bits per heavy atom. The van der Waals surface area contributed by atoms with Crippen molar-refractivity contribution in [2.24, 2.45) is 0 Å². The molecule has 76 valence electrons. The smallest absolute Gasteiger partial charge is 0.106 e. The zero-order chi connectivity index (χ0) is 10.5. The summed E-state index contributed by atoms with van der Waals surface area (Å²) in [5.41, 5.74) is 2.94. The number of H-pyrrole nitrogens is 2. The zero-order valence-electron chi connectivity index (χ0n) is 8.44. The van der Waals surface area contributed by atoms with Gasteiger partial charge in [0.1, 0.15) is 6.33 Å². The minimum absolute atomic E-state index is 0.905. The zero-order valence-corrected chi connectivity index (χ0v) is 8.44. The molecule has 4 nitrogen and oxygen atoms in total. The molecule has 0 aliphatic carbocycles. The van der Waals surface area contributed by atoms with E-state index in [1.807, 2.05) is 31.2 Å². The van der Waals surface area contributed by atoms with E-state index >= 15 is 0 Å². The Labute approximate surface area is 87.7 Å². The first-order valence-electron chi connectivity index (χ1n) is 4.70. The highest BCUT2D eigenvalue weighted by Crippen LogP contribution is 2.14. The highest BCUT2D eigenvalue weighted by atomic mass is 15.1. The van der Waals surface area contributed by atoms with Crippen molar-refractivity contribution in [3.8, 4) is 11.4 Å². The fourth-order valence-electron chi connectivity index (χ4n) is 1.30. The molecule has 0 amide bonds. The first-order valence-corrected chi connectivity index (χ1v) is 4.70. The SMILES string of the molecule is Cc1ccnc[nH][nH]c1-c1ccccn1. The van der Waals surface area contributed by atoms with Crippen molar-refractivity contribution >= 4 is 0 Å². The third-order valence-corrected chi connectivity index (χ3v) is 2.06. The molecule has 15 heavy (non-hydrogen) atoms. The molecule has 0 unspecified atom stereocenters. The average molecular weight is 200 g/mol. The number of aryl methyl sites for hydroxylation is 1. The molecule has 4 heteroatoms. The van der Waals surface area contributed by atoms with E-state index in [4.69, 9.17) is 0 Å². The lowest BCUT2D eigenvalue weighted by Gasteiger charge is -2.01. The van der Waals surface area contributed by atoms with Gasteiger partial charge in [0.25, 0.3) is 0 Å². The highest BCUT2D eigenvalue weighted by Gasteiger charge is 1.99. The molecule has 2 heterocycles. The van der Waals surface area contributed by atoms with Crippen molar-refractivity contribution in [2.45, 2.75) is 6.92 Å². The largest absolute Gasteiger partial charge is 0.298 e. The molecule has 0 aromatic carbocycles. The summed E-state index contributed by atoms with van der Waals surface area (Å²) < 4.78 is 0. The van der Waals surface area contributed by atoms with E-state index in [1.165, 1.54) is 0 Å². The summed E-state index contributed by atoms with van der Waals surface area (Å²) in [4.78, 5) is 8.26. The van der Waals surface area contributed by atoms with Crippen LogP contribution in [-0.2, 0) is 0 Å². The van der Waals surface area contributed by atoms with E-state index in [9.17, 15) is 0 Å². The molecular formula is C11H12N4. The van der Waals surface area contributed by atoms with Crippen molar-refractivity contribution in [3.63, 3.8) is 0 Å². The van der Waals surface area contributed by atoms with E-state index < -0.39 is 0 Å². The van der Waals surface area contributed by atoms with Crippen molar-refractivity contribution in [2.75, 3.05) is 0 Å². The van der Waals surface area contributed by atoms with Gasteiger partial charge in [-0.1, -0.05) is 6.07 Å². The Morgan fingerprint density at radius 2 is 2.07 bits per heavy atom. The summed E-state index contributed by atoms with van der Waals surface area (Å²) >= 11 is 0. The Bertz CT molecular complexity index is 468. The van der Waals surface area contributed by atoms with E-state index in [-0.39, 0.29) is 0 Å². The van der Waals surface area contributed by atoms with Gasteiger partial charge in [-0.05, 0) is 30.7 Å². The number of aromatic nitrogens is 4. The van der Waals surface area contributed by atoms with Gasteiger partial charge in [-0.25, -0.2) is 4.98 Å². The third-order valence-electron chi connectivity index (χ3n) is 2.06. The van der Waals surface area contributed by atoms with Crippen molar-refractivity contribution in [1.82, 2.24) is 20.2 Å². The molecule has 2 rings (SSSR count). The maximum Gasteiger partial charge on any atom is 0.106 e.